The van der Waals surface area contributed by atoms with Crippen molar-refractivity contribution < 1.29 is 19.2 Å². The molecule has 3 aromatic rings. The van der Waals surface area contributed by atoms with E-state index in [1.165, 1.54) is 12.1 Å². The number of benzene rings is 2. The Hall–Kier alpha value is -3.54. The standard InChI is InChI=1S/C20H14N2O4/c23-18(10-9-13-11-12-21-17-8-4-3-5-14(13)17)26-22-19(24)15-6-1-2-7-16(15)20(22)25/h1-8,11-12H,9-10H2. The summed E-state index contributed by atoms with van der Waals surface area (Å²) in [5.74, 6) is -1.87. The van der Waals surface area contributed by atoms with Crippen LogP contribution in [0, 0.1) is 0 Å². The first kappa shape index (κ1) is 16.0. The lowest BCUT2D eigenvalue weighted by Gasteiger charge is -2.13. The number of aryl methyl sites for hydroxylation is 1. The van der Waals surface area contributed by atoms with Gasteiger partial charge in [-0.3, -0.25) is 14.6 Å². The second kappa shape index (κ2) is 6.40. The number of imide groups is 1. The van der Waals surface area contributed by atoms with Gasteiger partial charge in [-0.2, -0.15) is 0 Å². The molecule has 0 unspecified atom stereocenters. The zero-order chi connectivity index (χ0) is 18.1. The van der Waals surface area contributed by atoms with Crippen molar-refractivity contribution in [2.45, 2.75) is 12.8 Å². The van der Waals surface area contributed by atoms with Crippen molar-refractivity contribution in [2.24, 2.45) is 0 Å². The van der Waals surface area contributed by atoms with Gasteiger partial charge in [0.2, 0.25) is 0 Å². The summed E-state index contributed by atoms with van der Waals surface area (Å²) in [5, 5.41) is 1.50. The van der Waals surface area contributed by atoms with Crippen LogP contribution in [0.5, 0.6) is 0 Å². The molecule has 0 saturated heterocycles. The Balaban J connectivity index is 1.45. The van der Waals surface area contributed by atoms with Crippen molar-refractivity contribution in [3.8, 4) is 0 Å². The fourth-order valence-corrected chi connectivity index (χ4v) is 3.01. The molecule has 6 heteroatoms. The summed E-state index contributed by atoms with van der Waals surface area (Å²) in [6.07, 6.45) is 2.15. The third kappa shape index (κ3) is 2.71. The van der Waals surface area contributed by atoms with Gasteiger partial charge >= 0.3 is 5.97 Å². The van der Waals surface area contributed by atoms with Crippen LogP contribution in [0.25, 0.3) is 10.9 Å². The molecule has 0 atom stereocenters. The van der Waals surface area contributed by atoms with Crippen LogP contribution in [0.3, 0.4) is 0 Å². The average Bonchev–Trinajstić information content (AvgIpc) is 2.91. The maximum Gasteiger partial charge on any atom is 0.333 e. The molecule has 26 heavy (non-hydrogen) atoms. The van der Waals surface area contributed by atoms with E-state index in [2.05, 4.69) is 4.98 Å². The predicted molar refractivity (Wildman–Crippen MR) is 93.1 cm³/mol. The van der Waals surface area contributed by atoms with Crippen LogP contribution in [0.2, 0.25) is 0 Å². The average molecular weight is 346 g/mol. The van der Waals surface area contributed by atoms with Crippen LogP contribution in [0.4, 0.5) is 0 Å². The molecule has 0 radical (unpaired) electrons. The molecule has 0 spiro atoms. The van der Waals surface area contributed by atoms with E-state index < -0.39 is 17.8 Å². The van der Waals surface area contributed by atoms with E-state index in [9.17, 15) is 14.4 Å². The third-order valence-electron chi connectivity index (χ3n) is 4.29. The molecule has 0 fully saturated rings. The second-order valence-electron chi connectivity index (χ2n) is 5.90. The van der Waals surface area contributed by atoms with E-state index in [0.717, 1.165) is 16.5 Å². The summed E-state index contributed by atoms with van der Waals surface area (Å²) >= 11 is 0. The van der Waals surface area contributed by atoms with Crippen molar-refractivity contribution in [3.63, 3.8) is 0 Å². The normalized spacial score (nSPS) is 13.2. The van der Waals surface area contributed by atoms with Crippen molar-refractivity contribution in [1.29, 1.82) is 0 Å². The molecule has 6 nitrogen and oxygen atoms in total. The summed E-state index contributed by atoms with van der Waals surface area (Å²) in [7, 11) is 0. The number of hydrogen-bond acceptors (Lipinski definition) is 5. The predicted octanol–water partition coefficient (Wildman–Crippen LogP) is 2.92. The number of carbonyl (C=O) groups is 3. The first-order valence-corrected chi connectivity index (χ1v) is 8.16. The van der Waals surface area contributed by atoms with Gasteiger partial charge in [0.1, 0.15) is 0 Å². The molecule has 0 N–H and O–H groups in total. The Kier molecular flexibility index (Phi) is 3.93. The number of pyridine rings is 1. The summed E-state index contributed by atoms with van der Waals surface area (Å²) < 4.78 is 0. The zero-order valence-corrected chi connectivity index (χ0v) is 13.7. The Morgan fingerprint density at radius 2 is 1.58 bits per heavy atom. The van der Waals surface area contributed by atoms with Gasteiger partial charge in [0.05, 0.1) is 23.1 Å². The number of para-hydroxylation sites is 1. The maximum absolute atomic E-state index is 12.2. The van der Waals surface area contributed by atoms with E-state index >= 15 is 0 Å². The highest BCUT2D eigenvalue weighted by Crippen LogP contribution is 2.23. The second-order valence-corrected chi connectivity index (χ2v) is 5.90. The number of hydrogen-bond donors (Lipinski definition) is 0. The first-order chi connectivity index (χ1) is 12.6. The molecule has 2 heterocycles. The van der Waals surface area contributed by atoms with Gasteiger partial charge in [0.15, 0.2) is 0 Å². The van der Waals surface area contributed by atoms with Crippen molar-refractivity contribution >= 4 is 28.7 Å². The molecule has 2 aromatic carbocycles. The SMILES string of the molecule is O=C(CCc1ccnc2ccccc12)ON1C(=O)c2ccccc2C1=O. The van der Waals surface area contributed by atoms with Crippen LogP contribution in [0.15, 0.2) is 60.8 Å². The Morgan fingerprint density at radius 1 is 0.923 bits per heavy atom. The molecule has 1 aliphatic heterocycles. The fourth-order valence-electron chi connectivity index (χ4n) is 3.01. The van der Waals surface area contributed by atoms with Crippen LogP contribution >= 0.6 is 0 Å². The lowest BCUT2D eigenvalue weighted by molar-refractivity contribution is -0.168. The molecular weight excluding hydrogens is 332 g/mol. The Labute approximate surface area is 149 Å². The van der Waals surface area contributed by atoms with Crippen LogP contribution in [-0.2, 0) is 16.1 Å². The quantitative estimate of drug-likeness (QED) is 0.679. The molecule has 1 aliphatic rings. The van der Waals surface area contributed by atoms with Gasteiger partial charge in [-0.25, -0.2) is 4.79 Å². The van der Waals surface area contributed by atoms with Gasteiger partial charge in [0.25, 0.3) is 11.8 Å². The van der Waals surface area contributed by atoms with Crippen LogP contribution in [0.1, 0.15) is 32.7 Å². The van der Waals surface area contributed by atoms with Gasteiger partial charge in [-0.15, -0.1) is 0 Å². The minimum absolute atomic E-state index is 0.0431. The third-order valence-corrected chi connectivity index (χ3v) is 4.29. The van der Waals surface area contributed by atoms with Gasteiger partial charge in [-0.05, 0) is 36.2 Å². The van der Waals surface area contributed by atoms with Crippen molar-refractivity contribution in [2.75, 3.05) is 0 Å². The number of fused-ring (bicyclic) bond motifs is 2. The van der Waals surface area contributed by atoms with Gasteiger partial charge in [-0.1, -0.05) is 35.4 Å². The molecule has 0 saturated carbocycles. The van der Waals surface area contributed by atoms with E-state index in [0.29, 0.717) is 11.5 Å². The molecule has 4 rings (SSSR count). The Morgan fingerprint density at radius 3 is 2.31 bits per heavy atom. The highest BCUT2D eigenvalue weighted by molar-refractivity contribution is 6.20. The summed E-state index contributed by atoms with van der Waals surface area (Å²) in [6, 6.07) is 15.9. The summed E-state index contributed by atoms with van der Waals surface area (Å²) in [6.45, 7) is 0. The molecule has 1 aromatic heterocycles. The van der Waals surface area contributed by atoms with E-state index in [1.807, 2.05) is 30.3 Å². The molecule has 0 bridgehead atoms. The fraction of sp³-hybridized carbons (Fsp3) is 0.100. The van der Waals surface area contributed by atoms with E-state index in [4.69, 9.17) is 4.84 Å². The number of amides is 2. The Bertz CT molecular complexity index is 1000. The number of nitrogens with zero attached hydrogens (tertiary/aromatic N) is 2. The number of hydroxylamine groups is 2. The lowest BCUT2D eigenvalue weighted by Crippen LogP contribution is -2.32. The minimum Gasteiger partial charge on any atom is -0.330 e. The van der Waals surface area contributed by atoms with Gasteiger partial charge in [0, 0.05) is 11.6 Å². The first-order valence-electron chi connectivity index (χ1n) is 8.16. The van der Waals surface area contributed by atoms with Crippen molar-refractivity contribution in [3.05, 3.63) is 77.5 Å². The van der Waals surface area contributed by atoms with Gasteiger partial charge < -0.3 is 4.84 Å². The lowest BCUT2D eigenvalue weighted by atomic mass is 10.1. The summed E-state index contributed by atoms with van der Waals surface area (Å²) in [4.78, 5) is 45.9. The maximum atomic E-state index is 12.2. The van der Waals surface area contributed by atoms with E-state index in [-0.39, 0.29) is 17.5 Å². The zero-order valence-electron chi connectivity index (χ0n) is 13.7. The largest absolute Gasteiger partial charge is 0.333 e. The highest BCUT2D eigenvalue weighted by Gasteiger charge is 2.38. The van der Waals surface area contributed by atoms with Crippen molar-refractivity contribution in [1.82, 2.24) is 10.0 Å². The number of rotatable bonds is 4. The smallest absolute Gasteiger partial charge is 0.330 e. The molecular formula is C20H14N2O4. The number of aromatic nitrogens is 1. The monoisotopic (exact) mass is 346 g/mol. The minimum atomic E-state index is -0.639. The molecule has 2 amide bonds. The molecule has 128 valence electrons. The topological polar surface area (TPSA) is 76.6 Å². The van der Waals surface area contributed by atoms with E-state index in [1.54, 1.807) is 18.3 Å². The molecule has 0 aliphatic carbocycles. The highest BCUT2D eigenvalue weighted by atomic mass is 16.7. The number of carbonyl (C=O) groups excluding carboxylic acids is 3. The van der Waals surface area contributed by atoms with Crippen LogP contribution < -0.4 is 0 Å². The summed E-state index contributed by atoms with van der Waals surface area (Å²) in [5.41, 5.74) is 2.28. The van der Waals surface area contributed by atoms with Crippen LogP contribution in [-0.4, -0.2) is 27.8 Å².